The van der Waals surface area contributed by atoms with E-state index in [4.69, 9.17) is 9.47 Å². The van der Waals surface area contributed by atoms with Gasteiger partial charge in [0.15, 0.2) is 29.6 Å². The van der Waals surface area contributed by atoms with Crippen molar-refractivity contribution < 1.29 is 19.1 Å². The number of hydrogen-bond acceptors (Lipinski definition) is 4. The third kappa shape index (κ3) is 3.13. The summed E-state index contributed by atoms with van der Waals surface area (Å²) in [6.45, 7) is 10.6. The summed E-state index contributed by atoms with van der Waals surface area (Å²) in [5.74, 6) is -1.35. The Hall–Kier alpha value is -0.740. The van der Waals surface area contributed by atoms with Crippen molar-refractivity contribution in [3.63, 3.8) is 0 Å². The molecule has 0 unspecified atom stereocenters. The highest BCUT2D eigenvalue weighted by Crippen LogP contribution is 2.31. The summed E-state index contributed by atoms with van der Waals surface area (Å²) >= 11 is 0. The molecule has 0 aromatic rings. The van der Waals surface area contributed by atoms with Gasteiger partial charge >= 0.3 is 0 Å². The Bertz CT molecular complexity index is 287. The average Bonchev–Trinajstić information content (AvgIpc) is 2.51. The zero-order chi connectivity index (χ0) is 13.4. The highest BCUT2D eigenvalue weighted by molar-refractivity contribution is 5.95. The number of ketones is 2. The first kappa shape index (κ1) is 14.3. The number of rotatable bonds is 4. The van der Waals surface area contributed by atoms with Gasteiger partial charge in [0.2, 0.25) is 0 Å². The maximum absolute atomic E-state index is 12.0. The van der Waals surface area contributed by atoms with Crippen LogP contribution < -0.4 is 0 Å². The Kier molecular flexibility index (Phi) is 4.10. The Morgan fingerprint density at radius 3 is 1.41 bits per heavy atom. The molecule has 1 aliphatic heterocycles. The van der Waals surface area contributed by atoms with Crippen LogP contribution in [0.4, 0.5) is 0 Å². The summed E-state index contributed by atoms with van der Waals surface area (Å²) in [6.07, 6.45) is -1.53. The maximum atomic E-state index is 12.0. The first-order valence-corrected chi connectivity index (χ1v) is 6.09. The minimum Gasteiger partial charge on any atom is -0.336 e. The molecule has 17 heavy (non-hydrogen) atoms. The number of carbonyl (C=O) groups excluding carboxylic acids is 2. The second-order valence-corrected chi connectivity index (χ2v) is 5.59. The van der Waals surface area contributed by atoms with Crippen molar-refractivity contribution in [2.24, 2.45) is 11.8 Å². The van der Waals surface area contributed by atoms with Gasteiger partial charge < -0.3 is 9.47 Å². The monoisotopic (exact) mass is 242 g/mol. The van der Waals surface area contributed by atoms with Crippen LogP contribution in [0.15, 0.2) is 0 Å². The number of hydrogen-bond donors (Lipinski definition) is 0. The Morgan fingerprint density at radius 1 is 0.882 bits per heavy atom. The van der Waals surface area contributed by atoms with Crippen molar-refractivity contribution in [3.8, 4) is 0 Å². The van der Waals surface area contributed by atoms with Gasteiger partial charge in [-0.05, 0) is 13.8 Å². The van der Waals surface area contributed by atoms with E-state index in [9.17, 15) is 9.59 Å². The fourth-order valence-corrected chi connectivity index (χ4v) is 1.83. The van der Waals surface area contributed by atoms with Crippen LogP contribution in [-0.2, 0) is 19.1 Å². The summed E-state index contributed by atoms with van der Waals surface area (Å²) < 4.78 is 11.1. The Morgan fingerprint density at radius 2 is 1.18 bits per heavy atom. The molecular weight excluding hydrogens is 220 g/mol. The minimum absolute atomic E-state index is 0.0745. The molecule has 0 spiro atoms. The molecule has 0 aliphatic carbocycles. The summed E-state index contributed by atoms with van der Waals surface area (Å²) in [6, 6.07) is 0. The van der Waals surface area contributed by atoms with Crippen LogP contribution in [-0.4, -0.2) is 29.6 Å². The predicted molar refractivity (Wildman–Crippen MR) is 63.5 cm³/mol. The topological polar surface area (TPSA) is 52.6 Å². The van der Waals surface area contributed by atoms with E-state index >= 15 is 0 Å². The molecule has 4 nitrogen and oxygen atoms in total. The van der Waals surface area contributed by atoms with Crippen LogP contribution >= 0.6 is 0 Å². The van der Waals surface area contributed by atoms with Gasteiger partial charge in [-0.15, -0.1) is 0 Å². The first-order chi connectivity index (χ1) is 7.65. The van der Waals surface area contributed by atoms with Crippen LogP contribution in [0.5, 0.6) is 0 Å². The first-order valence-electron chi connectivity index (χ1n) is 6.09. The van der Waals surface area contributed by atoms with Crippen molar-refractivity contribution in [2.45, 2.75) is 59.5 Å². The van der Waals surface area contributed by atoms with Crippen LogP contribution in [0.3, 0.4) is 0 Å². The van der Waals surface area contributed by atoms with Crippen molar-refractivity contribution in [3.05, 3.63) is 0 Å². The van der Waals surface area contributed by atoms with E-state index in [-0.39, 0.29) is 23.4 Å². The summed E-state index contributed by atoms with van der Waals surface area (Å²) in [4.78, 5) is 24.0. The van der Waals surface area contributed by atoms with Crippen molar-refractivity contribution >= 4 is 11.6 Å². The van der Waals surface area contributed by atoms with Crippen molar-refractivity contribution in [1.82, 2.24) is 0 Å². The van der Waals surface area contributed by atoms with Gasteiger partial charge in [-0.1, -0.05) is 27.7 Å². The second kappa shape index (κ2) is 4.86. The van der Waals surface area contributed by atoms with E-state index in [0.29, 0.717) is 0 Å². The lowest BCUT2D eigenvalue weighted by atomic mass is 9.94. The fourth-order valence-electron chi connectivity index (χ4n) is 1.83. The van der Waals surface area contributed by atoms with E-state index in [1.165, 1.54) is 0 Å². The molecule has 0 N–H and O–H groups in total. The van der Waals surface area contributed by atoms with Crippen LogP contribution in [0.25, 0.3) is 0 Å². The number of carbonyl (C=O) groups is 2. The molecule has 0 saturated carbocycles. The van der Waals surface area contributed by atoms with E-state index < -0.39 is 18.0 Å². The smallest absolute Gasteiger partial charge is 0.167 e. The van der Waals surface area contributed by atoms with Gasteiger partial charge in [-0.2, -0.15) is 0 Å². The highest BCUT2D eigenvalue weighted by Gasteiger charge is 2.49. The minimum atomic E-state index is -0.871. The van der Waals surface area contributed by atoms with Gasteiger partial charge in [-0.25, -0.2) is 0 Å². The third-order valence-electron chi connectivity index (χ3n) is 2.80. The van der Waals surface area contributed by atoms with Crippen LogP contribution in [0, 0.1) is 11.8 Å². The van der Waals surface area contributed by atoms with Gasteiger partial charge in [0, 0.05) is 11.8 Å². The molecule has 0 aromatic carbocycles. The van der Waals surface area contributed by atoms with Gasteiger partial charge in [0.1, 0.15) is 0 Å². The normalized spacial score (nSPS) is 27.8. The van der Waals surface area contributed by atoms with Gasteiger partial charge in [-0.3, -0.25) is 9.59 Å². The molecule has 1 saturated heterocycles. The molecular formula is C13H22O4. The summed E-state index contributed by atoms with van der Waals surface area (Å²) in [7, 11) is 0. The number of ether oxygens (including phenoxy) is 2. The molecule has 4 heteroatoms. The summed E-state index contributed by atoms with van der Waals surface area (Å²) in [5, 5.41) is 0. The fraction of sp³-hybridized carbons (Fsp3) is 0.846. The molecule has 2 atom stereocenters. The van der Waals surface area contributed by atoms with E-state index in [1.54, 1.807) is 41.5 Å². The highest BCUT2D eigenvalue weighted by atomic mass is 16.8. The lowest BCUT2D eigenvalue weighted by Crippen LogP contribution is -2.41. The van der Waals surface area contributed by atoms with Crippen LogP contribution in [0.2, 0.25) is 0 Å². The Balaban J connectivity index is 2.93. The second-order valence-electron chi connectivity index (χ2n) is 5.59. The molecule has 0 aromatic heterocycles. The molecule has 0 amide bonds. The average molecular weight is 242 g/mol. The molecule has 1 rings (SSSR count). The molecule has 0 bridgehead atoms. The lowest BCUT2D eigenvalue weighted by molar-refractivity contribution is -0.159. The molecule has 0 radical (unpaired) electrons. The summed E-state index contributed by atoms with van der Waals surface area (Å²) in [5.41, 5.74) is 0. The standard InChI is InChI=1S/C13H22O4/c1-7(2)9(14)11-12(10(15)8(3)4)17-13(5,6)16-11/h7-8,11-12H,1-6H3/t11-,12-/m1/s1. The zero-order valence-corrected chi connectivity index (χ0v) is 11.4. The molecule has 98 valence electrons. The third-order valence-corrected chi connectivity index (χ3v) is 2.80. The van der Waals surface area contributed by atoms with E-state index in [2.05, 4.69) is 0 Å². The maximum Gasteiger partial charge on any atom is 0.167 e. The SMILES string of the molecule is CC(C)C(=O)[C@H]1OC(C)(C)O[C@@H]1C(=O)C(C)C. The quantitative estimate of drug-likeness (QED) is 0.756. The van der Waals surface area contributed by atoms with E-state index in [1.807, 2.05) is 0 Å². The van der Waals surface area contributed by atoms with E-state index in [0.717, 1.165) is 0 Å². The van der Waals surface area contributed by atoms with Gasteiger partial charge in [0.25, 0.3) is 0 Å². The largest absolute Gasteiger partial charge is 0.336 e. The van der Waals surface area contributed by atoms with Crippen LogP contribution in [0.1, 0.15) is 41.5 Å². The Labute approximate surface area is 103 Å². The predicted octanol–water partition coefficient (Wildman–Crippen LogP) is 1.96. The molecule has 1 aliphatic rings. The van der Waals surface area contributed by atoms with Crippen molar-refractivity contribution in [2.75, 3.05) is 0 Å². The van der Waals surface area contributed by atoms with Crippen molar-refractivity contribution in [1.29, 1.82) is 0 Å². The van der Waals surface area contributed by atoms with Gasteiger partial charge in [0.05, 0.1) is 0 Å². The number of Topliss-reactive ketones (excluding diaryl/α,β-unsaturated/α-hetero) is 2. The molecule has 1 heterocycles. The zero-order valence-electron chi connectivity index (χ0n) is 11.4. The molecule has 1 fully saturated rings. The lowest BCUT2D eigenvalue weighted by Gasteiger charge is -2.17.